The van der Waals surface area contributed by atoms with Crippen molar-refractivity contribution in [3.63, 3.8) is 0 Å². The Morgan fingerprint density at radius 1 is 1.29 bits per heavy atom. The molecule has 0 bridgehead atoms. The lowest BCUT2D eigenvalue weighted by atomic mass is 10.1. The lowest BCUT2D eigenvalue weighted by Crippen LogP contribution is -2.04. The van der Waals surface area contributed by atoms with E-state index in [0.29, 0.717) is 5.82 Å². The zero-order chi connectivity index (χ0) is 12.4. The summed E-state index contributed by atoms with van der Waals surface area (Å²) in [6.07, 6.45) is 0. The van der Waals surface area contributed by atoms with E-state index in [9.17, 15) is 9.18 Å². The highest BCUT2D eigenvalue weighted by atomic mass is 19.1. The smallest absolute Gasteiger partial charge is 0.354 e. The number of hydrogen-bond acceptors (Lipinski definition) is 3. The summed E-state index contributed by atoms with van der Waals surface area (Å²) in [5, 5.41) is 8.87. The highest BCUT2D eigenvalue weighted by Gasteiger charge is 2.12. The predicted octanol–water partition coefficient (Wildman–Crippen LogP) is 2.29. The molecular weight excluding hydrogens is 223 g/mol. The summed E-state index contributed by atoms with van der Waals surface area (Å²) < 4.78 is 13.5. The van der Waals surface area contributed by atoms with Gasteiger partial charge in [-0.15, -0.1) is 0 Å². The first-order chi connectivity index (χ1) is 8.08. The van der Waals surface area contributed by atoms with E-state index < -0.39 is 11.8 Å². The number of aromatic carboxylic acids is 1. The molecule has 1 aromatic heterocycles. The van der Waals surface area contributed by atoms with E-state index in [1.54, 1.807) is 25.1 Å². The number of hydrogen-bond donors (Lipinski definition) is 1. The number of aryl methyl sites for hydroxylation is 1. The third-order valence-electron chi connectivity index (χ3n) is 2.21. The van der Waals surface area contributed by atoms with Crippen LogP contribution in [0.5, 0.6) is 0 Å². The summed E-state index contributed by atoms with van der Waals surface area (Å²) in [4.78, 5) is 18.6. The molecular formula is C12H9FN2O2. The van der Waals surface area contributed by atoms with Crippen LogP contribution >= 0.6 is 0 Å². The zero-order valence-electron chi connectivity index (χ0n) is 9.01. The Kier molecular flexibility index (Phi) is 2.82. The van der Waals surface area contributed by atoms with Crippen LogP contribution in [-0.4, -0.2) is 21.0 Å². The van der Waals surface area contributed by atoms with Crippen LogP contribution in [0.1, 0.15) is 16.3 Å². The molecule has 86 valence electrons. The molecule has 0 saturated heterocycles. The molecule has 5 heteroatoms. The van der Waals surface area contributed by atoms with Gasteiger partial charge in [0.25, 0.3) is 0 Å². The molecule has 0 radical (unpaired) electrons. The normalized spacial score (nSPS) is 10.2. The fourth-order valence-corrected chi connectivity index (χ4v) is 1.48. The van der Waals surface area contributed by atoms with Crippen molar-refractivity contribution >= 4 is 5.97 Å². The average Bonchev–Trinajstić information content (AvgIpc) is 2.28. The molecule has 0 aliphatic rings. The van der Waals surface area contributed by atoms with E-state index in [1.807, 2.05) is 0 Å². The molecule has 0 aliphatic carbocycles. The van der Waals surface area contributed by atoms with E-state index >= 15 is 0 Å². The molecule has 0 spiro atoms. The van der Waals surface area contributed by atoms with Crippen LogP contribution in [0.3, 0.4) is 0 Å². The summed E-state index contributed by atoms with van der Waals surface area (Å²) in [6, 6.07) is 7.32. The summed E-state index contributed by atoms with van der Waals surface area (Å²) in [7, 11) is 0. The van der Waals surface area contributed by atoms with Crippen LogP contribution in [0.2, 0.25) is 0 Å². The molecule has 0 unspecified atom stereocenters. The summed E-state index contributed by atoms with van der Waals surface area (Å²) in [5.74, 6) is -1.31. The standard InChI is InChI=1S/C12H9FN2O2/c1-7-14-10(6-11(15-7)12(16)17)8-4-2-3-5-9(8)13/h2-6H,1H3,(H,16,17). The van der Waals surface area contributed by atoms with Gasteiger partial charge in [-0.1, -0.05) is 12.1 Å². The van der Waals surface area contributed by atoms with Crippen molar-refractivity contribution in [2.45, 2.75) is 6.92 Å². The Morgan fingerprint density at radius 2 is 2.00 bits per heavy atom. The first kappa shape index (κ1) is 11.2. The number of nitrogens with zero attached hydrogens (tertiary/aromatic N) is 2. The van der Waals surface area contributed by atoms with Gasteiger partial charge < -0.3 is 5.11 Å². The van der Waals surface area contributed by atoms with Gasteiger partial charge in [0, 0.05) is 5.56 Å². The number of carboxylic acid groups (broad SMARTS) is 1. The van der Waals surface area contributed by atoms with E-state index in [2.05, 4.69) is 9.97 Å². The van der Waals surface area contributed by atoms with Crippen molar-refractivity contribution in [2.24, 2.45) is 0 Å². The van der Waals surface area contributed by atoms with Crippen molar-refractivity contribution in [2.75, 3.05) is 0 Å². The molecule has 1 N–H and O–H groups in total. The average molecular weight is 232 g/mol. The number of rotatable bonds is 2. The van der Waals surface area contributed by atoms with Gasteiger partial charge in [-0.2, -0.15) is 0 Å². The second-order valence-corrected chi connectivity index (χ2v) is 3.47. The Morgan fingerprint density at radius 3 is 2.65 bits per heavy atom. The van der Waals surface area contributed by atoms with Gasteiger partial charge >= 0.3 is 5.97 Å². The highest BCUT2D eigenvalue weighted by Crippen LogP contribution is 2.21. The molecule has 0 atom stereocenters. The first-order valence-electron chi connectivity index (χ1n) is 4.92. The van der Waals surface area contributed by atoms with Crippen molar-refractivity contribution in [3.05, 3.63) is 47.7 Å². The summed E-state index contributed by atoms with van der Waals surface area (Å²) in [6.45, 7) is 1.57. The third kappa shape index (κ3) is 2.28. The molecule has 4 nitrogen and oxygen atoms in total. The Balaban J connectivity index is 2.60. The van der Waals surface area contributed by atoms with Gasteiger partial charge in [-0.05, 0) is 25.1 Å². The lowest BCUT2D eigenvalue weighted by Gasteiger charge is -2.04. The minimum absolute atomic E-state index is 0.143. The van der Waals surface area contributed by atoms with E-state index in [4.69, 9.17) is 5.11 Å². The Bertz CT molecular complexity index is 584. The zero-order valence-corrected chi connectivity index (χ0v) is 9.01. The molecule has 2 aromatic rings. The monoisotopic (exact) mass is 232 g/mol. The maximum absolute atomic E-state index is 13.5. The molecule has 17 heavy (non-hydrogen) atoms. The van der Waals surface area contributed by atoms with E-state index in [0.717, 1.165) is 0 Å². The van der Waals surface area contributed by atoms with Crippen LogP contribution in [0.25, 0.3) is 11.3 Å². The summed E-state index contributed by atoms with van der Waals surface area (Å²) >= 11 is 0. The molecule has 0 amide bonds. The predicted molar refractivity (Wildman–Crippen MR) is 59.1 cm³/mol. The fourth-order valence-electron chi connectivity index (χ4n) is 1.48. The van der Waals surface area contributed by atoms with Crippen molar-refractivity contribution in [1.29, 1.82) is 0 Å². The van der Waals surface area contributed by atoms with Gasteiger partial charge in [0.2, 0.25) is 0 Å². The minimum atomic E-state index is -1.16. The topological polar surface area (TPSA) is 63.1 Å². The van der Waals surface area contributed by atoms with Gasteiger partial charge in [0.15, 0.2) is 5.69 Å². The molecule has 0 fully saturated rings. The summed E-state index contributed by atoms with van der Waals surface area (Å²) in [5.41, 5.74) is 0.393. The second-order valence-electron chi connectivity index (χ2n) is 3.47. The number of halogens is 1. The third-order valence-corrected chi connectivity index (χ3v) is 2.21. The SMILES string of the molecule is Cc1nc(C(=O)O)cc(-c2ccccc2F)n1. The maximum Gasteiger partial charge on any atom is 0.354 e. The van der Waals surface area contributed by atoms with Crippen LogP contribution in [0, 0.1) is 12.7 Å². The van der Waals surface area contributed by atoms with Crippen molar-refractivity contribution in [1.82, 2.24) is 9.97 Å². The Labute approximate surface area is 96.8 Å². The van der Waals surface area contributed by atoms with Crippen LogP contribution in [0.4, 0.5) is 4.39 Å². The first-order valence-corrected chi connectivity index (χ1v) is 4.92. The minimum Gasteiger partial charge on any atom is -0.477 e. The maximum atomic E-state index is 13.5. The van der Waals surface area contributed by atoms with Crippen molar-refractivity contribution < 1.29 is 14.3 Å². The van der Waals surface area contributed by atoms with Gasteiger partial charge in [0.05, 0.1) is 5.69 Å². The number of carbonyl (C=O) groups is 1. The molecule has 0 saturated carbocycles. The number of benzene rings is 1. The highest BCUT2D eigenvalue weighted by molar-refractivity contribution is 5.86. The molecule has 2 rings (SSSR count). The van der Waals surface area contributed by atoms with Crippen molar-refractivity contribution in [3.8, 4) is 11.3 Å². The fraction of sp³-hybridized carbons (Fsp3) is 0.0833. The second kappa shape index (κ2) is 4.29. The van der Waals surface area contributed by atoms with Crippen LogP contribution < -0.4 is 0 Å². The van der Waals surface area contributed by atoms with Gasteiger partial charge in [-0.3, -0.25) is 0 Å². The largest absolute Gasteiger partial charge is 0.477 e. The molecule has 1 aromatic carbocycles. The van der Waals surface area contributed by atoms with E-state index in [-0.39, 0.29) is 17.0 Å². The van der Waals surface area contributed by atoms with Crippen LogP contribution in [-0.2, 0) is 0 Å². The lowest BCUT2D eigenvalue weighted by molar-refractivity contribution is 0.0690. The Hall–Kier alpha value is -2.30. The number of carboxylic acids is 1. The molecule has 1 heterocycles. The molecule has 0 aliphatic heterocycles. The quantitative estimate of drug-likeness (QED) is 0.862. The van der Waals surface area contributed by atoms with E-state index in [1.165, 1.54) is 12.1 Å². The van der Waals surface area contributed by atoms with Gasteiger partial charge in [0.1, 0.15) is 11.6 Å². The number of aromatic nitrogens is 2. The van der Waals surface area contributed by atoms with Crippen LogP contribution in [0.15, 0.2) is 30.3 Å². The van der Waals surface area contributed by atoms with Gasteiger partial charge in [-0.25, -0.2) is 19.2 Å².